The third-order valence-corrected chi connectivity index (χ3v) is 3.29. The Hall–Kier alpha value is -2.34. The molecule has 0 bridgehead atoms. The zero-order valence-electron chi connectivity index (χ0n) is 12.5. The molecule has 1 aromatic rings. The van der Waals surface area contributed by atoms with Gasteiger partial charge in [0.25, 0.3) is 0 Å². The van der Waals surface area contributed by atoms with Gasteiger partial charge in [-0.1, -0.05) is 18.2 Å². The second-order valence-corrected chi connectivity index (χ2v) is 4.93. The number of anilines is 2. The number of nitrogens with one attached hydrogen (secondary N) is 2. The normalized spacial score (nSPS) is 14.3. The van der Waals surface area contributed by atoms with Crippen LogP contribution < -0.4 is 15.5 Å². The fraction of sp³-hybridized carbons (Fsp3) is 0.375. The van der Waals surface area contributed by atoms with E-state index in [9.17, 15) is 9.59 Å². The molecule has 6 heteroatoms. The van der Waals surface area contributed by atoms with Crippen LogP contribution in [0.5, 0.6) is 0 Å². The van der Waals surface area contributed by atoms with Crippen LogP contribution in [0.25, 0.3) is 0 Å². The number of para-hydroxylation sites is 2. The molecular formula is C16H21N3O3. The van der Waals surface area contributed by atoms with Crippen molar-refractivity contribution in [3.05, 3.63) is 36.9 Å². The van der Waals surface area contributed by atoms with Crippen LogP contribution in [-0.2, 0) is 14.3 Å². The Morgan fingerprint density at radius 3 is 2.68 bits per heavy atom. The highest BCUT2D eigenvalue weighted by molar-refractivity contribution is 6.04. The van der Waals surface area contributed by atoms with Crippen LogP contribution in [-0.4, -0.2) is 44.7 Å². The fourth-order valence-electron chi connectivity index (χ4n) is 2.25. The number of hydrogen-bond acceptors (Lipinski definition) is 4. The summed E-state index contributed by atoms with van der Waals surface area (Å²) in [7, 11) is 0. The van der Waals surface area contributed by atoms with E-state index in [0.29, 0.717) is 25.4 Å². The Morgan fingerprint density at radius 2 is 1.95 bits per heavy atom. The van der Waals surface area contributed by atoms with Gasteiger partial charge in [0.05, 0.1) is 24.6 Å². The molecule has 0 aliphatic carbocycles. The first-order valence-electron chi connectivity index (χ1n) is 7.30. The van der Waals surface area contributed by atoms with Crippen LogP contribution in [0.2, 0.25) is 0 Å². The topological polar surface area (TPSA) is 70.7 Å². The molecule has 2 amide bonds. The second kappa shape index (κ2) is 8.19. The predicted octanol–water partition coefficient (Wildman–Crippen LogP) is 1.15. The van der Waals surface area contributed by atoms with Gasteiger partial charge in [0.1, 0.15) is 6.42 Å². The molecule has 1 heterocycles. The minimum atomic E-state index is -0.331. The predicted molar refractivity (Wildman–Crippen MR) is 85.9 cm³/mol. The monoisotopic (exact) mass is 303 g/mol. The van der Waals surface area contributed by atoms with E-state index < -0.39 is 0 Å². The Bertz CT molecular complexity index is 539. The van der Waals surface area contributed by atoms with E-state index in [4.69, 9.17) is 4.74 Å². The van der Waals surface area contributed by atoms with Gasteiger partial charge in [0.2, 0.25) is 11.8 Å². The minimum absolute atomic E-state index is 0.203. The van der Waals surface area contributed by atoms with Crippen LogP contribution >= 0.6 is 0 Å². The first-order chi connectivity index (χ1) is 10.7. The van der Waals surface area contributed by atoms with Crippen LogP contribution in [0, 0.1) is 0 Å². The highest BCUT2D eigenvalue weighted by Gasteiger charge is 2.16. The number of carbonyl (C=O) groups excluding carboxylic acids is 2. The van der Waals surface area contributed by atoms with E-state index in [1.165, 1.54) is 0 Å². The van der Waals surface area contributed by atoms with Gasteiger partial charge in [0.15, 0.2) is 0 Å². The van der Waals surface area contributed by atoms with Gasteiger partial charge in [-0.15, -0.1) is 6.58 Å². The number of benzene rings is 1. The van der Waals surface area contributed by atoms with E-state index in [-0.39, 0.29) is 18.2 Å². The van der Waals surface area contributed by atoms with Crippen molar-refractivity contribution < 1.29 is 14.3 Å². The Labute approximate surface area is 130 Å². The summed E-state index contributed by atoms with van der Waals surface area (Å²) in [6.45, 7) is 6.78. The van der Waals surface area contributed by atoms with E-state index in [1.54, 1.807) is 6.08 Å². The lowest BCUT2D eigenvalue weighted by molar-refractivity contribution is -0.126. The first kappa shape index (κ1) is 16.0. The van der Waals surface area contributed by atoms with Crippen molar-refractivity contribution >= 4 is 23.2 Å². The minimum Gasteiger partial charge on any atom is -0.378 e. The summed E-state index contributed by atoms with van der Waals surface area (Å²) < 4.78 is 5.34. The number of rotatable bonds is 6. The molecule has 2 N–H and O–H groups in total. The van der Waals surface area contributed by atoms with Crippen LogP contribution in [0.15, 0.2) is 36.9 Å². The standard InChI is InChI=1S/C16H21N3O3/c1-2-7-17-15(20)12-16(21)18-13-5-3-4-6-14(13)19-8-10-22-11-9-19/h2-6H,1,7-12H2,(H,17,20)(H,18,21). The lowest BCUT2D eigenvalue weighted by Gasteiger charge is -2.30. The molecule has 22 heavy (non-hydrogen) atoms. The molecule has 6 nitrogen and oxygen atoms in total. The molecule has 1 aliphatic rings. The molecule has 0 spiro atoms. The van der Waals surface area contributed by atoms with Crippen molar-refractivity contribution in [2.75, 3.05) is 43.1 Å². The Balaban J connectivity index is 1.98. The van der Waals surface area contributed by atoms with E-state index in [2.05, 4.69) is 22.1 Å². The molecule has 0 unspecified atom stereocenters. The molecule has 1 saturated heterocycles. The van der Waals surface area contributed by atoms with Gasteiger partial charge < -0.3 is 20.3 Å². The van der Waals surface area contributed by atoms with Crippen molar-refractivity contribution in [1.82, 2.24) is 5.32 Å². The zero-order valence-corrected chi connectivity index (χ0v) is 12.5. The largest absolute Gasteiger partial charge is 0.378 e. The molecule has 0 saturated carbocycles. The van der Waals surface area contributed by atoms with Gasteiger partial charge in [-0.25, -0.2) is 0 Å². The van der Waals surface area contributed by atoms with Crippen LogP contribution in [0.3, 0.4) is 0 Å². The van der Waals surface area contributed by atoms with Crippen LogP contribution in [0.1, 0.15) is 6.42 Å². The van der Waals surface area contributed by atoms with Crippen molar-refractivity contribution in [2.24, 2.45) is 0 Å². The summed E-state index contributed by atoms with van der Waals surface area (Å²) in [5.41, 5.74) is 1.66. The molecule has 0 atom stereocenters. The van der Waals surface area contributed by atoms with Gasteiger partial charge in [-0.3, -0.25) is 9.59 Å². The summed E-state index contributed by atoms with van der Waals surface area (Å²) in [6.07, 6.45) is 1.37. The first-order valence-corrected chi connectivity index (χ1v) is 7.30. The van der Waals surface area contributed by atoms with E-state index in [1.807, 2.05) is 24.3 Å². The average Bonchev–Trinajstić information content (AvgIpc) is 2.54. The third kappa shape index (κ3) is 4.60. The summed E-state index contributed by atoms with van der Waals surface area (Å²) in [5, 5.41) is 5.39. The molecule has 1 fully saturated rings. The van der Waals surface area contributed by atoms with Crippen molar-refractivity contribution in [1.29, 1.82) is 0 Å². The quantitative estimate of drug-likeness (QED) is 0.611. The van der Waals surface area contributed by atoms with Crippen molar-refractivity contribution in [3.8, 4) is 0 Å². The van der Waals surface area contributed by atoms with Crippen LogP contribution in [0.4, 0.5) is 11.4 Å². The maximum absolute atomic E-state index is 12.0. The molecule has 1 aliphatic heterocycles. The molecule has 0 radical (unpaired) electrons. The van der Waals surface area contributed by atoms with Gasteiger partial charge >= 0.3 is 0 Å². The SMILES string of the molecule is C=CCNC(=O)CC(=O)Nc1ccccc1N1CCOCC1. The zero-order chi connectivity index (χ0) is 15.8. The van der Waals surface area contributed by atoms with E-state index >= 15 is 0 Å². The number of amides is 2. The number of carbonyl (C=O) groups is 2. The van der Waals surface area contributed by atoms with Gasteiger partial charge in [0, 0.05) is 19.6 Å². The second-order valence-electron chi connectivity index (χ2n) is 4.93. The summed E-state index contributed by atoms with van der Waals surface area (Å²) in [4.78, 5) is 25.7. The third-order valence-electron chi connectivity index (χ3n) is 3.29. The number of hydrogen-bond donors (Lipinski definition) is 2. The highest BCUT2D eigenvalue weighted by atomic mass is 16.5. The maximum Gasteiger partial charge on any atom is 0.233 e. The summed E-state index contributed by atoms with van der Waals surface area (Å²) >= 11 is 0. The smallest absolute Gasteiger partial charge is 0.233 e. The van der Waals surface area contributed by atoms with Crippen molar-refractivity contribution in [2.45, 2.75) is 6.42 Å². The molecule has 1 aromatic carbocycles. The number of ether oxygens (including phenoxy) is 1. The Morgan fingerprint density at radius 1 is 1.23 bits per heavy atom. The van der Waals surface area contributed by atoms with E-state index in [0.717, 1.165) is 18.8 Å². The molecule has 0 aromatic heterocycles. The lowest BCUT2D eigenvalue weighted by atomic mass is 10.2. The summed E-state index contributed by atoms with van der Waals surface area (Å²) in [5.74, 6) is -0.650. The fourth-order valence-corrected chi connectivity index (χ4v) is 2.25. The number of morpholine rings is 1. The molecule has 118 valence electrons. The maximum atomic E-state index is 12.0. The summed E-state index contributed by atoms with van der Waals surface area (Å²) in [6, 6.07) is 7.58. The van der Waals surface area contributed by atoms with Gasteiger partial charge in [-0.2, -0.15) is 0 Å². The molecule has 2 rings (SSSR count). The van der Waals surface area contributed by atoms with Gasteiger partial charge in [-0.05, 0) is 12.1 Å². The molecular weight excluding hydrogens is 282 g/mol. The average molecular weight is 303 g/mol. The highest BCUT2D eigenvalue weighted by Crippen LogP contribution is 2.26. The van der Waals surface area contributed by atoms with Crippen molar-refractivity contribution in [3.63, 3.8) is 0 Å². The number of nitrogens with zero attached hydrogens (tertiary/aromatic N) is 1. The Kier molecular flexibility index (Phi) is 5.97. The lowest BCUT2D eigenvalue weighted by Crippen LogP contribution is -2.37.